The number of nitrogen functional groups attached to an aromatic ring is 1. The van der Waals surface area contributed by atoms with Crippen LogP contribution in [0.3, 0.4) is 0 Å². The molecule has 0 radical (unpaired) electrons. The molecular weight excluding hydrogens is 162 g/mol. The third-order valence-corrected chi connectivity index (χ3v) is 1.14. The van der Waals surface area contributed by atoms with E-state index >= 15 is 0 Å². The highest BCUT2D eigenvalue weighted by Crippen LogP contribution is 2.06. The third kappa shape index (κ3) is 3.18. The molecule has 0 aliphatic carbocycles. The molecule has 0 aromatic carbocycles. The zero-order valence-corrected chi connectivity index (χ0v) is 7.68. The second kappa shape index (κ2) is 4.91. The molecule has 11 heavy (non-hydrogen) atoms. The Balaban J connectivity index is 0.000000461. The summed E-state index contributed by atoms with van der Waals surface area (Å²) in [5.41, 5.74) is 6.03. The molecule has 0 saturated carbocycles. The third-order valence-electron chi connectivity index (χ3n) is 0.955. The first-order chi connectivity index (χ1) is 5.20. The standard InChI is InChI=1S/C5H6ClN3.C2H6/c1-3-5(7)8-2-4(6)9-3;1-2/h2H,1H3,(H2,7,8);1-2H3. The molecule has 0 aliphatic heterocycles. The molecule has 0 aliphatic rings. The highest BCUT2D eigenvalue weighted by molar-refractivity contribution is 6.29. The average Bonchev–Trinajstić information content (AvgIpc) is 2.02. The lowest BCUT2D eigenvalue weighted by Gasteiger charge is -1.94. The molecule has 62 valence electrons. The highest BCUT2D eigenvalue weighted by atomic mass is 35.5. The minimum atomic E-state index is 0.377. The molecule has 4 heteroatoms. The summed E-state index contributed by atoms with van der Waals surface area (Å²) < 4.78 is 0. The van der Waals surface area contributed by atoms with Crippen molar-refractivity contribution in [3.63, 3.8) is 0 Å². The van der Waals surface area contributed by atoms with E-state index in [1.165, 1.54) is 6.20 Å². The summed E-state index contributed by atoms with van der Waals surface area (Å²) in [6.45, 7) is 5.76. The number of anilines is 1. The van der Waals surface area contributed by atoms with Gasteiger partial charge in [0.05, 0.1) is 11.9 Å². The lowest BCUT2D eigenvalue weighted by Crippen LogP contribution is -1.95. The van der Waals surface area contributed by atoms with Crippen molar-refractivity contribution in [2.24, 2.45) is 0 Å². The van der Waals surface area contributed by atoms with Crippen LogP contribution in [0.15, 0.2) is 6.20 Å². The van der Waals surface area contributed by atoms with Gasteiger partial charge in [0, 0.05) is 0 Å². The van der Waals surface area contributed by atoms with Gasteiger partial charge in [-0.3, -0.25) is 0 Å². The maximum atomic E-state index is 5.49. The van der Waals surface area contributed by atoms with Gasteiger partial charge in [-0.05, 0) is 6.92 Å². The summed E-state index contributed by atoms with van der Waals surface area (Å²) in [6, 6.07) is 0. The fourth-order valence-electron chi connectivity index (χ4n) is 0.463. The van der Waals surface area contributed by atoms with Crippen LogP contribution in [0.5, 0.6) is 0 Å². The van der Waals surface area contributed by atoms with Crippen LogP contribution in [0.2, 0.25) is 5.15 Å². The van der Waals surface area contributed by atoms with E-state index in [0.29, 0.717) is 16.7 Å². The zero-order valence-electron chi connectivity index (χ0n) is 6.93. The topological polar surface area (TPSA) is 51.8 Å². The number of aryl methyl sites for hydroxylation is 1. The van der Waals surface area contributed by atoms with Crippen molar-refractivity contribution in [1.29, 1.82) is 0 Å². The summed E-state index contributed by atoms with van der Waals surface area (Å²) >= 11 is 5.49. The van der Waals surface area contributed by atoms with E-state index in [4.69, 9.17) is 17.3 Å². The number of hydrogen-bond donors (Lipinski definition) is 1. The van der Waals surface area contributed by atoms with Crippen LogP contribution in [-0.4, -0.2) is 9.97 Å². The van der Waals surface area contributed by atoms with Gasteiger partial charge >= 0.3 is 0 Å². The smallest absolute Gasteiger partial charge is 0.147 e. The predicted molar refractivity (Wildman–Crippen MR) is 47.5 cm³/mol. The Morgan fingerprint density at radius 3 is 2.36 bits per heavy atom. The molecule has 0 saturated heterocycles. The summed E-state index contributed by atoms with van der Waals surface area (Å²) in [5, 5.41) is 0.377. The lowest BCUT2D eigenvalue weighted by atomic mass is 10.5. The summed E-state index contributed by atoms with van der Waals surface area (Å²) in [6.07, 6.45) is 1.42. The molecule has 2 N–H and O–H groups in total. The van der Waals surface area contributed by atoms with Gasteiger partial charge in [-0.15, -0.1) is 0 Å². The van der Waals surface area contributed by atoms with Gasteiger partial charge < -0.3 is 5.73 Å². The molecule has 0 spiro atoms. The second-order valence-electron chi connectivity index (χ2n) is 1.66. The van der Waals surface area contributed by atoms with Crippen LogP contribution in [0.1, 0.15) is 19.5 Å². The molecule has 0 bridgehead atoms. The first-order valence-electron chi connectivity index (χ1n) is 3.45. The molecule has 0 amide bonds. The van der Waals surface area contributed by atoms with Crippen LogP contribution in [-0.2, 0) is 0 Å². The number of hydrogen-bond acceptors (Lipinski definition) is 3. The average molecular weight is 174 g/mol. The molecule has 0 fully saturated rings. The Hall–Kier alpha value is -0.830. The van der Waals surface area contributed by atoms with E-state index in [-0.39, 0.29) is 0 Å². The first kappa shape index (κ1) is 10.2. The van der Waals surface area contributed by atoms with Gasteiger partial charge in [0.1, 0.15) is 11.0 Å². The van der Waals surface area contributed by atoms with E-state index in [2.05, 4.69) is 9.97 Å². The maximum Gasteiger partial charge on any atom is 0.147 e. The molecule has 1 rings (SSSR count). The van der Waals surface area contributed by atoms with Crippen molar-refractivity contribution in [3.05, 3.63) is 17.0 Å². The molecule has 0 atom stereocenters. The monoisotopic (exact) mass is 173 g/mol. The van der Waals surface area contributed by atoms with Crippen molar-refractivity contribution >= 4 is 17.4 Å². The van der Waals surface area contributed by atoms with Crippen LogP contribution in [0.4, 0.5) is 5.82 Å². The fourth-order valence-corrected chi connectivity index (χ4v) is 0.638. The number of aromatic nitrogens is 2. The number of nitrogens with zero attached hydrogens (tertiary/aromatic N) is 2. The molecule has 0 unspecified atom stereocenters. The molecular formula is C7H12ClN3. The first-order valence-corrected chi connectivity index (χ1v) is 3.82. The van der Waals surface area contributed by atoms with Gasteiger partial charge in [0.15, 0.2) is 0 Å². The highest BCUT2D eigenvalue weighted by Gasteiger charge is 1.94. The maximum absolute atomic E-state index is 5.49. The van der Waals surface area contributed by atoms with Crippen molar-refractivity contribution in [1.82, 2.24) is 9.97 Å². The summed E-state index contributed by atoms with van der Waals surface area (Å²) in [4.78, 5) is 7.61. The van der Waals surface area contributed by atoms with Gasteiger partial charge in [-0.1, -0.05) is 25.4 Å². The van der Waals surface area contributed by atoms with Crippen molar-refractivity contribution < 1.29 is 0 Å². The van der Waals surface area contributed by atoms with E-state index in [1.807, 2.05) is 13.8 Å². The Morgan fingerprint density at radius 2 is 2.00 bits per heavy atom. The van der Waals surface area contributed by atoms with Crippen LogP contribution >= 0.6 is 11.6 Å². The summed E-state index contributed by atoms with van der Waals surface area (Å²) in [5.74, 6) is 0.430. The molecule has 1 aromatic rings. The lowest BCUT2D eigenvalue weighted by molar-refractivity contribution is 1.13. The number of nitrogens with two attached hydrogens (primary N) is 1. The normalized spacial score (nSPS) is 8.36. The van der Waals surface area contributed by atoms with Crippen molar-refractivity contribution in [2.45, 2.75) is 20.8 Å². The Morgan fingerprint density at radius 1 is 1.45 bits per heavy atom. The van der Waals surface area contributed by atoms with Crippen LogP contribution < -0.4 is 5.73 Å². The largest absolute Gasteiger partial charge is 0.382 e. The minimum absolute atomic E-state index is 0.377. The fraction of sp³-hybridized carbons (Fsp3) is 0.429. The molecule has 1 heterocycles. The van der Waals surface area contributed by atoms with Gasteiger partial charge in [0.25, 0.3) is 0 Å². The van der Waals surface area contributed by atoms with Crippen LogP contribution in [0, 0.1) is 6.92 Å². The van der Waals surface area contributed by atoms with E-state index in [9.17, 15) is 0 Å². The Labute approximate surface area is 71.6 Å². The molecule has 1 aromatic heterocycles. The van der Waals surface area contributed by atoms with Gasteiger partial charge in [-0.2, -0.15) is 0 Å². The number of rotatable bonds is 0. The van der Waals surface area contributed by atoms with Crippen LogP contribution in [0.25, 0.3) is 0 Å². The van der Waals surface area contributed by atoms with Gasteiger partial charge in [0.2, 0.25) is 0 Å². The molecule has 3 nitrogen and oxygen atoms in total. The van der Waals surface area contributed by atoms with E-state index in [0.717, 1.165) is 0 Å². The Bertz CT molecular complexity index is 225. The van der Waals surface area contributed by atoms with Gasteiger partial charge in [-0.25, -0.2) is 9.97 Å². The van der Waals surface area contributed by atoms with Crippen molar-refractivity contribution in [3.8, 4) is 0 Å². The minimum Gasteiger partial charge on any atom is -0.382 e. The number of halogens is 1. The zero-order chi connectivity index (χ0) is 8.85. The quantitative estimate of drug-likeness (QED) is 0.654. The summed E-state index contributed by atoms with van der Waals surface area (Å²) in [7, 11) is 0. The predicted octanol–water partition coefficient (Wildman–Crippen LogP) is 2.05. The second-order valence-corrected chi connectivity index (χ2v) is 2.05. The van der Waals surface area contributed by atoms with Crippen molar-refractivity contribution in [2.75, 3.05) is 5.73 Å². The SMILES string of the molecule is CC.Cc1nc(Cl)cnc1N. The Kier molecular flexibility index (Phi) is 4.54. The van der Waals surface area contributed by atoms with E-state index in [1.54, 1.807) is 6.92 Å². The van der Waals surface area contributed by atoms with E-state index < -0.39 is 0 Å².